The summed E-state index contributed by atoms with van der Waals surface area (Å²) in [5.74, 6) is 1.90. The maximum Gasteiger partial charge on any atom is 0.353 e. The van der Waals surface area contributed by atoms with Crippen LogP contribution in [-0.4, -0.2) is 32.7 Å². The minimum atomic E-state index is -3.07. The Morgan fingerprint density at radius 2 is 2.00 bits per heavy atom. The van der Waals surface area contributed by atoms with Crippen molar-refractivity contribution in [3.63, 3.8) is 0 Å². The quantitative estimate of drug-likeness (QED) is 0.561. The second kappa shape index (κ2) is 10.5. The second-order valence-electron chi connectivity index (χ2n) is 5.23. The van der Waals surface area contributed by atoms with Crippen LogP contribution in [0.15, 0.2) is 11.9 Å². The van der Waals surface area contributed by atoms with Gasteiger partial charge in [-0.2, -0.15) is 0 Å². The minimum Gasteiger partial charge on any atom is -0.353 e. The van der Waals surface area contributed by atoms with E-state index in [1.807, 2.05) is 6.08 Å². The summed E-state index contributed by atoms with van der Waals surface area (Å²) in [4.78, 5) is 0. The predicted molar refractivity (Wildman–Crippen MR) is 83.3 cm³/mol. The van der Waals surface area contributed by atoms with Gasteiger partial charge in [-0.15, -0.1) is 0 Å². The summed E-state index contributed by atoms with van der Waals surface area (Å²) in [7, 11) is -3.07. The third-order valence-corrected chi connectivity index (χ3v) is 4.96. The van der Waals surface area contributed by atoms with E-state index < -0.39 is 7.60 Å². The van der Waals surface area contributed by atoms with Crippen molar-refractivity contribution >= 4 is 7.60 Å². The molecule has 2 atom stereocenters. The molecule has 0 radical (unpaired) electrons. The fourth-order valence-electron chi connectivity index (χ4n) is 2.09. The van der Waals surface area contributed by atoms with Gasteiger partial charge in [0.15, 0.2) is 6.29 Å². The molecule has 0 aromatic carbocycles. The molecule has 0 aliphatic carbocycles. The van der Waals surface area contributed by atoms with E-state index in [0.717, 1.165) is 25.9 Å². The van der Waals surface area contributed by atoms with Gasteiger partial charge in [0, 0.05) is 12.4 Å². The third-order valence-electron chi connectivity index (χ3n) is 3.15. The number of hydrogen-bond donors (Lipinski definition) is 0. The zero-order valence-corrected chi connectivity index (χ0v) is 14.3. The Balaban J connectivity index is 2.27. The average molecular weight is 320 g/mol. The number of rotatable bonds is 10. The van der Waals surface area contributed by atoms with Crippen molar-refractivity contribution in [3.8, 4) is 0 Å². The molecule has 1 aliphatic rings. The molecule has 1 heterocycles. The second-order valence-corrected chi connectivity index (χ2v) is 7.12. The predicted octanol–water partition coefficient (Wildman–Crippen LogP) is 4.34. The molecule has 0 bridgehead atoms. The summed E-state index contributed by atoms with van der Waals surface area (Å²) in [5, 5.41) is 0. The summed E-state index contributed by atoms with van der Waals surface area (Å²) in [6, 6.07) is 0. The highest BCUT2D eigenvalue weighted by Crippen LogP contribution is 2.49. The van der Waals surface area contributed by atoms with E-state index >= 15 is 0 Å². The molecular formula is C15H29O5P. The molecule has 6 heteroatoms. The summed E-state index contributed by atoms with van der Waals surface area (Å²) < 4.78 is 33.9. The van der Waals surface area contributed by atoms with Gasteiger partial charge < -0.3 is 18.5 Å². The topological polar surface area (TPSA) is 54.0 Å². The molecule has 1 rings (SSSR count). The maximum absolute atomic E-state index is 12.2. The first-order chi connectivity index (χ1) is 10.1. The zero-order chi connectivity index (χ0) is 15.6. The monoisotopic (exact) mass is 320 g/mol. The largest absolute Gasteiger partial charge is 0.353 e. The van der Waals surface area contributed by atoms with Crippen LogP contribution in [0.4, 0.5) is 0 Å². The Labute approximate surface area is 128 Å². The Morgan fingerprint density at radius 3 is 2.57 bits per heavy atom. The Hall–Kier alpha value is -0.190. The van der Waals surface area contributed by atoms with Crippen molar-refractivity contribution in [1.82, 2.24) is 0 Å². The van der Waals surface area contributed by atoms with Crippen molar-refractivity contribution < 1.29 is 23.1 Å². The molecule has 0 amide bonds. The van der Waals surface area contributed by atoms with Gasteiger partial charge in [-0.05, 0) is 45.4 Å². The van der Waals surface area contributed by atoms with Gasteiger partial charge >= 0.3 is 7.60 Å². The molecule has 1 fully saturated rings. The molecule has 1 saturated heterocycles. The van der Waals surface area contributed by atoms with Crippen LogP contribution in [0, 0.1) is 5.92 Å². The Bertz CT molecular complexity index is 329. The van der Waals surface area contributed by atoms with Crippen molar-refractivity contribution in [3.05, 3.63) is 11.9 Å². The maximum atomic E-state index is 12.2. The van der Waals surface area contributed by atoms with E-state index in [1.165, 1.54) is 6.42 Å². The van der Waals surface area contributed by atoms with E-state index in [9.17, 15) is 4.57 Å². The van der Waals surface area contributed by atoms with Crippen molar-refractivity contribution in [2.45, 2.75) is 52.7 Å². The molecular weight excluding hydrogens is 291 g/mol. The summed E-state index contributed by atoms with van der Waals surface area (Å²) in [6.45, 7) is 7.89. The van der Waals surface area contributed by atoms with Crippen LogP contribution >= 0.6 is 7.60 Å². The highest BCUT2D eigenvalue weighted by atomic mass is 31.2. The molecule has 0 saturated carbocycles. The van der Waals surface area contributed by atoms with E-state index in [1.54, 1.807) is 19.7 Å². The molecule has 1 aliphatic heterocycles. The SMILES string of the molecule is CCOP(=O)(/C=C/CC(C)COC1CCCCO1)OCC. The highest BCUT2D eigenvalue weighted by molar-refractivity contribution is 7.57. The third kappa shape index (κ3) is 8.12. The lowest BCUT2D eigenvalue weighted by atomic mass is 10.1. The Morgan fingerprint density at radius 1 is 1.29 bits per heavy atom. The van der Waals surface area contributed by atoms with Crippen molar-refractivity contribution in [1.29, 1.82) is 0 Å². The highest BCUT2D eigenvalue weighted by Gasteiger charge is 2.19. The van der Waals surface area contributed by atoms with Crippen LogP contribution in [0.2, 0.25) is 0 Å². The minimum absolute atomic E-state index is 0.0527. The lowest BCUT2D eigenvalue weighted by Gasteiger charge is -2.24. The zero-order valence-electron chi connectivity index (χ0n) is 13.5. The van der Waals surface area contributed by atoms with Crippen LogP contribution in [0.3, 0.4) is 0 Å². The molecule has 0 spiro atoms. The van der Waals surface area contributed by atoms with Gasteiger partial charge in [-0.1, -0.05) is 13.0 Å². The number of hydrogen-bond acceptors (Lipinski definition) is 5. The first kappa shape index (κ1) is 18.9. The number of ether oxygens (including phenoxy) is 2. The van der Waals surface area contributed by atoms with Gasteiger partial charge in [-0.25, -0.2) is 0 Å². The summed E-state index contributed by atoms with van der Waals surface area (Å²) >= 11 is 0. The van der Waals surface area contributed by atoms with Crippen LogP contribution in [0.1, 0.15) is 46.5 Å². The smallest absolute Gasteiger partial charge is 0.353 e. The van der Waals surface area contributed by atoms with Gasteiger partial charge in [0.1, 0.15) is 0 Å². The standard InChI is InChI=1S/C15H29O5P/c1-4-19-21(16,20-5-2)12-8-9-14(3)13-18-15-10-6-7-11-17-15/h8,12,14-15H,4-7,9-11,13H2,1-3H3/b12-8+. The van der Waals surface area contributed by atoms with Crippen LogP contribution in [-0.2, 0) is 23.1 Å². The molecule has 2 unspecified atom stereocenters. The van der Waals surface area contributed by atoms with Gasteiger partial charge in [0.25, 0.3) is 0 Å². The molecule has 124 valence electrons. The van der Waals surface area contributed by atoms with Crippen LogP contribution in [0.25, 0.3) is 0 Å². The fraction of sp³-hybridized carbons (Fsp3) is 0.867. The molecule has 0 aromatic rings. The van der Waals surface area contributed by atoms with E-state index in [4.69, 9.17) is 18.5 Å². The normalized spacial score (nSPS) is 21.8. The Kier molecular flexibility index (Phi) is 9.45. The average Bonchev–Trinajstić information content (AvgIpc) is 2.47. The molecule has 5 nitrogen and oxygen atoms in total. The van der Waals surface area contributed by atoms with E-state index in [-0.39, 0.29) is 6.29 Å². The first-order valence-electron chi connectivity index (χ1n) is 7.89. The van der Waals surface area contributed by atoms with Crippen molar-refractivity contribution in [2.24, 2.45) is 5.92 Å². The lowest BCUT2D eigenvalue weighted by Crippen LogP contribution is -2.24. The summed E-state index contributed by atoms with van der Waals surface area (Å²) in [5.41, 5.74) is 0. The van der Waals surface area contributed by atoms with E-state index in [2.05, 4.69) is 6.92 Å². The van der Waals surface area contributed by atoms with Gasteiger partial charge in [0.05, 0.1) is 19.8 Å². The van der Waals surface area contributed by atoms with E-state index in [0.29, 0.717) is 25.7 Å². The van der Waals surface area contributed by atoms with Crippen LogP contribution < -0.4 is 0 Å². The fourth-order valence-corrected chi connectivity index (χ4v) is 3.43. The molecule has 0 N–H and O–H groups in total. The lowest BCUT2D eigenvalue weighted by molar-refractivity contribution is -0.168. The summed E-state index contributed by atoms with van der Waals surface area (Å²) in [6.07, 6.45) is 5.86. The molecule has 21 heavy (non-hydrogen) atoms. The molecule has 0 aromatic heterocycles. The van der Waals surface area contributed by atoms with Crippen molar-refractivity contribution in [2.75, 3.05) is 26.4 Å². The van der Waals surface area contributed by atoms with Crippen LogP contribution in [0.5, 0.6) is 0 Å². The van der Waals surface area contributed by atoms with Gasteiger partial charge in [-0.3, -0.25) is 4.57 Å². The first-order valence-corrected chi connectivity index (χ1v) is 9.50. The van der Waals surface area contributed by atoms with Gasteiger partial charge in [0.2, 0.25) is 0 Å². The number of allylic oxidation sites excluding steroid dienone is 1.